The van der Waals surface area contributed by atoms with Crippen LogP contribution in [-0.4, -0.2) is 30.9 Å². The molecule has 0 atom stereocenters. The molecule has 2 rings (SSSR count). The molecule has 8 heteroatoms. The summed E-state index contributed by atoms with van der Waals surface area (Å²) in [5.74, 6) is -1.73. The molecule has 0 saturated carbocycles. The Kier molecular flexibility index (Phi) is 6.87. The number of amides is 3. The summed E-state index contributed by atoms with van der Waals surface area (Å²) < 4.78 is 18.5. The highest BCUT2D eigenvalue weighted by Crippen LogP contribution is 2.21. The Morgan fingerprint density at radius 2 is 1.59 bits per heavy atom. The standard InChI is InChI=1S/C19H20FN3O4/c1-12-5-3-6-13(2)18(12)27-11-17(25)23-22-16(24)10-21-19(26)14-7-4-8-15(20)9-14/h3-9H,10-11H2,1-2H3,(H,21,26)(H,22,24)(H,23,25). The van der Waals surface area contributed by atoms with Crippen LogP contribution >= 0.6 is 0 Å². The van der Waals surface area contributed by atoms with E-state index in [-0.39, 0.29) is 18.7 Å². The van der Waals surface area contributed by atoms with Crippen LogP contribution in [0.15, 0.2) is 42.5 Å². The van der Waals surface area contributed by atoms with Crippen molar-refractivity contribution in [1.82, 2.24) is 16.2 Å². The summed E-state index contributed by atoms with van der Waals surface area (Å²) in [7, 11) is 0. The molecule has 0 aliphatic rings. The van der Waals surface area contributed by atoms with E-state index in [0.717, 1.165) is 17.2 Å². The lowest BCUT2D eigenvalue weighted by atomic mass is 10.1. The first kappa shape index (κ1) is 19.9. The molecule has 3 amide bonds. The monoisotopic (exact) mass is 373 g/mol. The van der Waals surface area contributed by atoms with Gasteiger partial charge in [0.25, 0.3) is 17.7 Å². The highest BCUT2D eigenvalue weighted by Gasteiger charge is 2.11. The number of rotatable bonds is 6. The van der Waals surface area contributed by atoms with Gasteiger partial charge in [0.1, 0.15) is 11.6 Å². The van der Waals surface area contributed by atoms with Crippen molar-refractivity contribution in [3.63, 3.8) is 0 Å². The average molecular weight is 373 g/mol. The summed E-state index contributed by atoms with van der Waals surface area (Å²) in [6.45, 7) is 3.07. The first-order valence-corrected chi connectivity index (χ1v) is 8.17. The number of benzene rings is 2. The highest BCUT2D eigenvalue weighted by atomic mass is 19.1. The van der Waals surface area contributed by atoms with E-state index in [4.69, 9.17) is 4.74 Å². The van der Waals surface area contributed by atoms with Gasteiger partial charge in [0.05, 0.1) is 6.54 Å². The van der Waals surface area contributed by atoms with Crippen molar-refractivity contribution >= 4 is 17.7 Å². The molecular weight excluding hydrogens is 353 g/mol. The van der Waals surface area contributed by atoms with Crippen LogP contribution in [0, 0.1) is 19.7 Å². The van der Waals surface area contributed by atoms with E-state index in [9.17, 15) is 18.8 Å². The van der Waals surface area contributed by atoms with Gasteiger partial charge < -0.3 is 10.1 Å². The number of hydrogen-bond acceptors (Lipinski definition) is 4. The fourth-order valence-corrected chi connectivity index (χ4v) is 2.28. The van der Waals surface area contributed by atoms with E-state index in [0.29, 0.717) is 5.75 Å². The Labute approximate surface area is 155 Å². The SMILES string of the molecule is Cc1cccc(C)c1OCC(=O)NNC(=O)CNC(=O)c1cccc(F)c1. The van der Waals surface area contributed by atoms with Crippen molar-refractivity contribution < 1.29 is 23.5 Å². The summed E-state index contributed by atoms with van der Waals surface area (Å²) in [5.41, 5.74) is 6.23. The van der Waals surface area contributed by atoms with Crippen molar-refractivity contribution in [2.75, 3.05) is 13.2 Å². The van der Waals surface area contributed by atoms with Gasteiger partial charge in [-0.3, -0.25) is 25.2 Å². The normalized spacial score (nSPS) is 10.0. The molecular formula is C19H20FN3O4. The first-order valence-electron chi connectivity index (χ1n) is 8.17. The van der Waals surface area contributed by atoms with Crippen LogP contribution in [0.1, 0.15) is 21.5 Å². The second-order valence-corrected chi connectivity index (χ2v) is 5.80. The third kappa shape index (κ3) is 6.10. The van der Waals surface area contributed by atoms with Crippen molar-refractivity contribution in [1.29, 1.82) is 0 Å². The first-order chi connectivity index (χ1) is 12.9. The Hall–Kier alpha value is -3.42. The van der Waals surface area contributed by atoms with Crippen LogP contribution in [0.2, 0.25) is 0 Å². The Morgan fingerprint density at radius 3 is 2.26 bits per heavy atom. The lowest BCUT2D eigenvalue weighted by molar-refractivity contribution is -0.129. The maximum atomic E-state index is 13.1. The smallest absolute Gasteiger partial charge is 0.276 e. The predicted octanol–water partition coefficient (Wildman–Crippen LogP) is 1.40. The minimum absolute atomic E-state index is 0.0915. The summed E-state index contributed by atoms with van der Waals surface area (Å²) in [6.07, 6.45) is 0. The molecule has 3 N–H and O–H groups in total. The minimum Gasteiger partial charge on any atom is -0.483 e. The number of nitrogens with one attached hydrogen (secondary N) is 3. The zero-order valence-electron chi connectivity index (χ0n) is 15.0. The van der Waals surface area contributed by atoms with E-state index in [1.165, 1.54) is 18.2 Å². The maximum Gasteiger partial charge on any atom is 0.276 e. The van der Waals surface area contributed by atoms with Gasteiger partial charge >= 0.3 is 0 Å². The second kappa shape index (κ2) is 9.33. The molecule has 2 aromatic rings. The molecule has 0 saturated heterocycles. The summed E-state index contributed by atoms with van der Waals surface area (Å²) >= 11 is 0. The van der Waals surface area contributed by atoms with Gasteiger partial charge in [-0.1, -0.05) is 24.3 Å². The van der Waals surface area contributed by atoms with Gasteiger partial charge in [-0.2, -0.15) is 0 Å². The van der Waals surface area contributed by atoms with Crippen molar-refractivity contribution in [3.05, 3.63) is 65.0 Å². The zero-order chi connectivity index (χ0) is 19.8. The van der Waals surface area contributed by atoms with Crippen molar-refractivity contribution in [2.24, 2.45) is 0 Å². The molecule has 142 valence electrons. The molecule has 0 heterocycles. The molecule has 0 fully saturated rings. The molecule has 0 spiro atoms. The molecule has 0 bridgehead atoms. The number of carbonyl (C=O) groups excluding carboxylic acids is 3. The Bertz CT molecular complexity index is 834. The van der Waals surface area contributed by atoms with Gasteiger partial charge in [-0.15, -0.1) is 0 Å². The number of ether oxygens (including phenoxy) is 1. The highest BCUT2D eigenvalue weighted by molar-refractivity contribution is 5.96. The number of carbonyl (C=O) groups is 3. The van der Waals surface area contributed by atoms with E-state index in [1.54, 1.807) is 0 Å². The van der Waals surface area contributed by atoms with E-state index in [2.05, 4.69) is 16.2 Å². The molecule has 0 radical (unpaired) electrons. The number of halogens is 1. The van der Waals surface area contributed by atoms with Gasteiger partial charge in [-0.05, 0) is 43.2 Å². The van der Waals surface area contributed by atoms with Crippen LogP contribution in [0.3, 0.4) is 0 Å². The maximum absolute atomic E-state index is 13.1. The fraction of sp³-hybridized carbons (Fsp3) is 0.211. The molecule has 0 aromatic heterocycles. The molecule has 7 nitrogen and oxygen atoms in total. The van der Waals surface area contributed by atoms with Crippen LogP contribution in [0.25, 0.3) is 0 Å². The number of hydrogen-bond donors (Lipinski definition) is 3. The number of aryl methyl sites for hydroxylation is 2. The van der Waals surface area contributed by atoms with Crippen molar-refractivity contribution in [3.8, 4) is 5.75 Å². The third-order valence-corrected chi connectivity index (χ3v) is 3.59. The van der Waals surface area contributed by atoms with Crippen LogP contribution in [-0.2, 0) is 9.59 Å². The Balaban J connectivity index is 1.72. The summed E-state index contributed by atoms with van der Waals surface area (Å²) in [6, 6.07) is 10.7. The fourth-order valence-electron chi connectivity index (χ4n) is 2.28. The topological polar surface area (TPSA) is 96.5 Å². The molecule has 0 aliphatic carbocycles. The molecule has 27 heavy (non-hydrogen) atoms. The molecule has 0 unspecified atom stereocenters. The summed E-state index contributed by atoms with van der Waals surface area (Å²) in [4.78, 5) is 35.2. The number of hydrazine groups is 1. The second-order valence-electron chi connectivity index (χ2n) is 5.80. The lowest BCUT2D eigenvalue weighted by Gasteiger charge is -2.12. The number of para-hydroxylation sites is 1. The van der Waals surface area contributed by atoms with Crippen LogP contribution in [0.5, 0.6) is 5.75 Å². The summed E-state index contributed by atoms with van der Waals surface area (Å²) in [5, 5.41) is 2.32. The van der Waals surface area contributed by atoms with Crippen molar-refractivity contribution in [2.45, 2.75) is 13.8 Å². The quantitative estimate of drug-likeness (QED) is 0.667. The van der Waals surface area contributed by atoms with E-state index in [1.807, 2.05) is 32.0 Å². The third-order valence-electron chi connectivity index (χ3n) is 3.59. The molecule has 0 aliphatic heterocycles. The van der Waals surface area contributed by atoms with Gasteiger partial charge in [0.2, 0.25) is 0 Å². The predicted molar refractivity (Wildman–Crippen MR) is 96.4 cm³/mol. The van der Waals surface area contributed by atoms with Gasteiger partial charge in [-0.25, -0.2) is 4.39 Å². The van der Waals surface area contributed by atoms with Gasteiger partial charge in [0.15, 0.2) is 6.61 Å². The van der Waals surface area contributed by atoms with Crippen LogP contribution < -0.4 is 20.9 Å². The largest absolute Gasteiger partial charge is 0.483 e. The lowest BCUT2D eigenvalue weighted by Crippen LogP contribution is -2.47. The van der Waals surface area contributed by atoms with E-state index >= 15 is 0 Å². The van der Waals surface area contributed by atoms with Gasteiger partial charge in [0, 0.05) is 5.56 Å². The Morgan fingerprint density at radius 1 is 0.963 bits per heavy atom. The molecule has 2 aromatic carbocycles. The average Bonchev–Trinajstić information content (AvgIpc) is 2.64. The van der Waals surface area contributed by atoms with Crippen LogP contribution in [0.4, 0.5) is 4.39 Å². The zero-order valence-corrected chi connectivity index (χ0v) is 15.0. The minimum atomic E-state index is -0.639. The van der Waals surface area contributed by atoms with E-state index < -0.39 is 23.5 Å².